The summed E-state index contributed by atoms with van der Waals surface area (Å²) in [6.45, 7) is 7.83. The van der Waals surface area contributed by atoms with Crippen molar-refractivity contribution in [2.75, 3.05) is 24.8 Å². The number of nitriles is 1. The highest BCUT2D eigenvalue weighted by molar-refractivity contribution is 7.99. The van der Waals surface area contributed by atoms with Gasteiger partial charge in [-0.25, -0.2) is 4.79 Å². The van der Waals surface area contributed by atoms with Gasteiger partial charge in [-0.3, -0.25) is 9.36 Å². The number of hydrogen-bond acceptors (Lipinski definition) is 9. The molecule has 11 heteroatoms. The van der Waals surface area contributed by atoms with Gasteiger partial charge < -0.3 is 14.8 Å². The van der Waals surface area contributed by atoms with Gasteiger partial charge in [0.25, 0.3) is 0 Å². The third-order valence-corrected chi connectivity index (χ3v) is 6.82. The fourth-order valence-electron chi connectivity index (χ4n) is 3.09. The number of rotatable bonds is 10. The van der Waals surface area contributed by atoms with Crippen LogP contribution in [-0.4, -0.2) is 46.1 Å². The lowest BCUT2D eigenvalue weighted by Gasteiger charge is -2.09. The number of carbonyl (C=O) groups is 2. The van der Waals surface area contributed by atoms with E-state index in [1.165, 1.54) is 11.8 Å². The fraction of sp³-hybridized carbons (Fsp3) is 0.261. The van der Waals surface area contributed by atoms with Crippen molar-refractivity contribution in [1.82, 2.24) is 14.8 Å². The minimum Gasteiger partial charge on any atom is -0.497 e. The van der Waals surface area contributed by atoms with Crippen molar-refractivity contribution in [3.63, 3.8) is 0 Å². The number of esters is 1. The molecule has 1 N–H and O–H groups in total. The normalized spacial score (nSPS) is 10.4. The summed E-state index contributed by atoms with van der Waals surface area (Å²) < 4.78 is 12.2. The molecule has 0 aliphatic heterocycles. The first-order valence-corrected chi connectivity index (χ1v) is 12.0. The van der Waals surface area contributed by atoms with Crippen molar-refractivity contribution in [3.8, 4) is 23.2 Å². The van der Waals surface area contributed by atoms with Gasteiger partial charge in [0.1, 0.15) is 21.7 Å². The standard InChI is InChI=1S/C23H23N5O4S2/c1-5-10-28-20(15-8-7-9-16(11-15)31-4)26-27-23(28)33-13-18(29)25-21-17(12-24)14(3)19(34-21)22(30)32-6-2/h5,7-9,11H,1,6,10,13H2,2-4H3,(H,25,29). The van der Waals surface area contributed by atoms with Crippen LogP contribution < -0.4 is 10.1 Å². The molecular formula is C23H23N5O4S2. The Morgan fingerprint density at radius 1 is 1.38 bits per heavy atom. The quantitative estimate of drug-likeness (QED) is 0.250. The van der Waals surface area contributed by atoms with Gasteiger partial charge in [-0.2, -0.15) is 5.26 Å². The monoisotopic (exact) mass is 497 g/mol. The van der Waals surface area contributed by atoms with Crippen LogP contribution in [0.1, 0.15) is 27.7 Å². The number of allylic oxidation sites excluding steroid dienone is 1. The number of hydrogen-bond donors (Lipinski definition) is 1. The summed E-state index contributed by atoms with van der Waals surface area (Å²) in [5.41, 5.74) is 1.56. The number of thiophene rings is 1. The number of nitrogens with one attached hydrogen (secondary N) is 1. The highest BCUT2D eigenvalue weighted by Gasteiger charge is 2.23. The summed E-state index contributed by atoms with van der Waals surface area (Å²) in [4.78, 5) is 25.1. The first-order chi connectivity index (χ1) is 16.4. The van der Waals surface area contributed by atoms with Crippen LogP contribution in [0, 0.1) is 18.3 Å². The predicted molar refractivity (Wildman–Crippen MR) is 131 cm³/mol. The van der Waals surface area contributed by atoms with Crippen LogP contribution in [0.5, 0.6) is 5.75 Å². The van der Waals surface area contributed by atoms with E-state index in [1.807, 2.05) is 28.8 Å². The van der Waals surface area contributed by atoms with E-state index in [4.69, 9.17) is 9.47 Å². The third-order valence-electron chi connectivity index (χ3n) is 4.66. The van der Waals surface area contributed by atoms with Gasteiger partial charge in [0.05, 0.1) is 25.0 Å². The molecule has 2 heterocycles. The lowest BCUT2D eigenvalue weighted by atomic mass is 10.2. The van der Waals surface area contributed by atoms with Crippen LogP contribution in [0.4, 0.5) is 5.00 Å². The van der Waals surface area contributed by atoms with Crippen LogP contribution in [0.3, 0.4) is 0 Å². The van der Waals surface area contributed by atoms with Gasteiger partial charge in [0, 0.05) is 12.1 Å². The lowest BCUT2D eigenvalue weighted by molar-refractivity contribution is -0.113. The Labute approximate surface area is 205 Å². The Hall–Kier alpha value is -3.62. The second-order valence-electron chi connectivity index (χ2n) is 6.87. The topological polar surface area (TPSA) is 119 Å². The second-order valence-corrected chi connectivity index (χ2v) is 8.83. The molecule has 0 radical (unpaired) electrons. The van der Waals surface area contributed by atoms with Crippen LogP contribution in [-0.2, 0) is 16.1 Å². The summed E-state index contributed by atoms with van der Waals surface area (Å²) in [5.74, 6) is 0.500. The molecule has 2 aromatic heterocycles. The Morgan fingerprint density at radius 3 is 2.85 bits per heavy atom. The number of carbonyl (C=O) groups excluding carboxylic acids is 2. The Bertz CT molecular complexity index is 1260. The number of benzene rings is 1. The van der Waals surface area contributed by atoms with Crippen molar-refractivity contribution >= 4 is 40.0 Å². The molecule has 0 aliphatic carbocycles. The molecule has 3 aromatic rings. The second kappa shape index (κ2) is 11.5. The zero-order chi connectivity index (χ0) is 24.7. The maximum atomic E-state index is 12.7. The van der Waals surface area contributed by atoms with E-state index < -0.39 is 5.97 Å². The Balaban J connectivity index is 1.76. The van der Waals surface area contributed by atoms with E-state index in [0.717, 1.165) is 16.9 Å². The van der Waals surface area contributed by atoms with Crippen molar-refractivity contribution < 1.29 is 19.1 Å². The minimum atomic E-state index is -0.515. The van der Waals surface area contributed by atoms with Gasteiger partial charge >= 0.3 is 5.97 Å². The molecule has 0 saturated carbocycles. The Morgan fingerprint density at radius 2 is 2.18 bits per heavy atom. The Kier molecular flexibility index (Phi) is 8.45. The number of amides is 1. The molecule has 0 spiro atoms. The van der Waals surface area contributed by atoms with E-state index in [1.54, 1.807) is 27.0 Å². The van der Waals surface area contributed by atoms with E-state index in [2.05, 4.69) is 28.2 Å². The lowest BCUT2D eigenvalue weighted by Crippen LogP contribution is -2.14. The van der Waals surface area contributed by atoms with Gasteiger partial charge in [-0.05, 0) is 31.5 Å². The summed E-state index contributed by atoms with van der Waals surface area (Å²) in [7, 11) is 1.59. The van der Waals surface area contributed by atoms with E-state index in [9.17, 15) is 14.9 Å². The summed E-state index contributed by atoms with van der Waals surface area (Å²) in [6.07, 6.45) is 1.72. The summed E-state index contributed by atoms with van der Waals surface area (Å²) in [5, 5.41) is 21.6. The molecule has 0 aliphatic rings. The van der Waals surface area contributed by atoms with Gasteiger partial charge in [0.15, 0.2) is 11.0 Å². The maximum Gasteiger partial charge on any atom is 0.348 e. The number of methoxy groups -OCH3 is 1. The number of anilines is 1. The molecule has 34 heavy (non-hydrogen) atoms. The van der Waals surface area contributed by atoms with Gasteiger partial charge in [0.2, 0.25) is 5.91 Å². The SMILES string of the molecule is C=CCn1c(SCC(=O)Nc2sc(C(=O)OCC)c(C)c2C#N)nnc1-c1cccc(OC)c1. The first kappa shape index (κ1) is 25.0. The largest absolute Gasteiger partial charge is 0.497 e. The number of nitrogens with zero attached hydrogens (tertiary/aromatic N) is 4. The summed E-state index contributed by atoms with van der Waals surface area (Å²) >= 11 is 2.24. The highest BCUT2D eigenvalue weighted by atomic mass is 32.2. The number of ether oxygens (including phenoxy) is 2. The smallest absolute Gasteiger partial charge is 0.348 e. The fourth-order valence-corrected chi connectivity index (χ4v) is 4.90. The molecule has 9 nitrogen and oxygen atoms in total. The van der Waals surface area contributed by atoms with E-state index in [0.29, 0.717) is 38.7 Å². The summed E-state index contributed by atoms with van der Waals surface area (Å²) in [6, 6.07) is 9.51. The van der Waals surface area contributed by atoms with Crippen molar-refractivity contribution in [3.05, 3.63) is 52.9 Å². The molecule has 3 rings (SSSR count). The van der Waals surface area contributed by atoms with Crippen molar-refractivity contribution in [2.24, 2.45) is 0 Å². The van der Waals surface area contributed by atoms with Crippen LogP contribution in [0.25, 0.3) is 11.4 Å². The molecule has 0 fully saturated rings. The molecule has 1 amide bonds. The molecule has 176 valence electrons. The zero-order valence-electron chi connectivity index (χ0n) is 19.0. The van der Waals surface area contributed by atoms with Crippen LogP contribution >= 0.6 is 23.1 Å². The first-order valence-electron chi connectivity index (χ1n) is 10.2. The van der Waals surface area contributed by atoms with Crippen LogP contribution in [0.2, 0.25) is 0 Å². The molecule has 0 unspecified atom stereocenters. The van der Waals surface area contributed by atoms with E-state index >= 15 is 0 Å². The maximum absolute atomic E-state index is 12.7. The molecular weight excluding hydrogens is 474 g/mol. The van der Waals surface area contributed by atoms with Crippen molar-refractivity contribution in [1.29, 1.82) is 5.26 Å². The zero-order valence-corrected chi connectivity index (χ0v) is 20.6. The van der Waals surface area contributed by atoms with Gasteiger partial charge in [-0.1, -0.05) is 30.0 Å². The average molecular weight is 498 g/mol. The van der Waals surface area contributed by atoms with Crippen LogP contribution in [0.15, 0.2) is 42.1 Å². The van der Waals surface area contributed by atoms with Crippen molar-refractivity contribution in [2.45, 2.75) is 25.5 Å². The number of thioether (sulfide) groups is 1. The van der Waals surface area contributed by atoms with Gasteiger partial charge in [-0.15, -0.1) is 28.1 Å². The average Bonchev–Trinajstić information content (AvgIpc) is 3.38. The van der Waals surface area contributed by atoms with E-state index in [-0.39, 0.29) is 23.8 Å². The molecule has 0 bridgehead atoms. The third kappa shape index (κ3) is 5.47. The predicted octanol–water partition coefficient (Wildman–Crippen LogP) is 4.29. The highest BCUT2D eigenvalue weighted by Crippen LogP contribution is 2.33. The molecule has 1 aromatic carbocycles. The number of aromatic nitrogens is 3. The molecule has 0 saturated heterocycles. The minimum absolute atomic E-state index is 0.0317. The molecule has 0 atom stereocenters.